The van der Waals surface area contributed by atoms with Crippen LogP contribution in [0.25, 0.3) is 0 Å². The number of amides is 1. The van der Waals surface area contributed by atoms with Crippen molar-refractivity contribution in [2.45, 2.75) is 44.2 Å². The minimum absolute atomic E-state index is 0.0478. The van der Waals surface area contributed by atoms with E-state index in [0.29, 0.717) is 24.4 Å². The van der Waals surface area contributed by atoms with Crippen LogP contribution in [0.5, 0.6) is 0 Å². The lowest BCUT2D eigenvalue weighted by atomic mass is 9.71. The van der Waals surface area contributed by atoms with E-state index in [1.165, 1.54) is 12.7 Å². The first-order valence-electron chi connectivity index (χ1n) is 11.0. The number of hydrogen-bond donors (Lipinski definition) is 0. The maximum absolute atomic E-state index is 12.9. The van der Waals surface area contributed by atoms with E-state index in [9.17, 15) is 9.59 Å². The van der Waals surface area contributed by atoms with Gasteiger partial charge in [-0.15, -0.1) is 0 Å². The first-order valence-corrected chi connectivity index (χ1v) is 11.0. The first-order chi connectivity index (χ1) is 14.9. The first kappa shape index (κ1) is 23.0. The van der Waals surface area contributed by atoms with Gasteiger partial charge in [-0.05, 0) is 62.9 Å². The highest BCUT2D eigenvalue weighted by molar-refractivity contribution is 5.91. The van der Waals surface area contributed by atoms with Gasteiger partial charge in [-0.1, -0.05) is 48.5 Å². The van der Waals surface area contributed by atoms with Crippen molar-refractivity contribution in [3.63, 3.8) is 0 Å². The van der Waals surface area contributed by atoms with Crippen LogP contribution in [0.15, 0.2) is 54.6 Å². The van der Waals surface area contributed by atoms with Crippen molar-refractivity contribution in [2.24, 2.45) is 5.92 Å². The van der Waals surface area contributed by atoms with Gasteiger partial charge < -0.3 is 9.64 Å². The molecule has 5 nitrogen and oxygen atoms in total. The van der Waals surface area contributed by atoms with Gasteiger partial charge in [0, 0.05) is 25.6 Å². The summed E-state index contributed by atoms with van der Waals surface area (Å²) in [6.07, 6.45) is 4.72. The van der Waals surface area contributed by atoms with E-state index in [2.05, 4.69) is 49.3 Å². The Morgan fingerprint density at radius 1 is 0.968 bits per heavy atom. The molecule has 0 heterocycles. The van der Waals surface area contributed by atoms with Gasteiger partial charge in [-0.2, -0.15) is 0 Å². The summed E-state index contributed by atoms with van der Waals surface area (Å²) in [5.74, 6) is 0.147. The molecule has 0 N–H and O–H groups in total. The zero-order valence-corrected chi connectivity index (χ0v) is 19.1. The molecule has 2 aromatic rings. The van der Waals surface area contributed by atoms with Crippen molar-refractivity contribution in [3.05, 3.63) is 71.3 Å². The molecular weight excluding hydrogens is 388 g/mol. The molecule has 0 radical (unpaired) electrons. The third-order valence-electron chi connectivity index (χ3n) is 6.82. The summed E-state index contributed by atoms with van der Waals surface area (Å²) in [5.41, 5.74) is 2.73. The van der Waals surface area contributed by atoms with Gasteiger partial charge in [0.1, 0.15) is 0 Å². The lowest BCUT2D eigenvalue weighted by molar-refractivity contribution is -0.132. The van der Waals surface area contributed by atoms with Gasteiger partial charge in [0.25, 0.3) is 0 Å². The molecule has 0 atom stereocenters. The Hall–Kier alpha value is -2.66. The minimum atomic E-state index is -0.371. The zero-order chi connectivity index (χ0) is 22.4. The van der Waals surface area contributed by atoms with Crippen molar-refractivity contribution in [1.29, 1.82) is 0 Å². The molecule has 1 saturated carbocycles. The predicted octanol–water partition coefficient (Wildman–Crippen LogP) is 4.47. The molecule has 3 rings (SSSR count). The summed E-state index contributed by atoms with van der Waals surface area (Å²) in [7, 11) is 7.50. The molecule has 0 aromatic heterocycles. The summed E-state index contributed by atoms with van der Waals surface area (Å²) in [6.45, 7) is 0.405. The van der Waals surface area contributed by atoms with Gasteiger partial charge in [0.05, 0.1) is 12.7 Å². The number of carbonyl (C=O) groups is 2. The van der Waals surface area contributed by atoms with Crippen LogP contribution in [0, 0.1) is 5.92 Å². The number of nitrogens with zero attached hydrogens (tertiary/aromatic N) is 2. The van der Waals surface area contributed by atoms with Crippen molar-refractivity contribution < 1.29 is 14.3 Å². The predicted molar refractivity (Wildman–Crippen MR) is 123 cm³/mol. The van der Waals surface area contributed by atoms with Gasteiger partial charge in [-0.3, -0.25) is 9.69 Å². The standard InChI is InChI=1S/C26H34N2O3/c1-27(2)26(22-11-6-5-7-12-22)16-14-20(15-17-26)18-24(29)28(3)19-21-10-8-9-13-23(21)25(30)31-4/h5-13,20H,14-19H2,1-4H3. The number of rotatable bonds is 7. The Kier molecular flexibility index (Phi) is 7.50. The van der Waals surface area contributed by atoms with E-state index in [-0.39, 0.29) is 17.4 Å². The normalized spacial score (nSPS) is 21.0. The highest BCUT2D eigenvalue weighted by Gasteiger charge is 2.39. The molecule has 1 amide bonds. The van der Waals surface area contributed by atoms with Crippen molar-refractivity contribution in [2.75, 3.05) is 28.3 Å². The summed E-state index contributed by atoms with van der Waals surface area (Å²) in [5, 5.41) is 0. The topological polar surface area (TPSA) is 49.9 Å². The second-order valence-corrected chi connectivity index (χ2v) is 8.84. The van der Waals surface area contributed by atoms with Crippen LogP contribution in [-0.2, 0) is 21.6 Å². The molecule has 1 aliphatic rings. The molecule has 0 spiro atoms. The number of ether oxygens (including phenoxy) is 1. The van der Waals surface area contributed by atoms with Gasteiger partial charge in [0.2, 0.25) is 5.91 Å². The van der Waals surface area contributed by atoms with E-state index in [4.69, 9.17) is 4.74 Å². The van der Waals surface area contributed by atoms with Crippen LogP contribution < -0.4 is 0 Å². The second-order valence-electron chi connectivity index (χ2n) is 8.84. The number of carbonyl (C=O) groups excluding carboxylic acids is 2. The van der Waals surface area contributed by atoms with Crippen LogP contribution in [0.3, 0.4) is 0 Å². The molecule has 31 heavy (non-hydrogen) atoms. The lowest BCUT2D eigenvalue weighted by Gasteiger charge is -2.45. The SMILES string of the molecule is COC(=O)c1ccccc1CN(C)C(=O)CC1CCC(c2ccccc2)(N(C)C)CC1. The number of hydrogen-bond acceptors (Lipinski definition) is 4. The Bertz CT molecular complexity index is 887. The van der Waals surface area contributed by atoms with E-state index in [0.717, 1.165) is 31.2 Å². The maximum Gasteiger partial charge on any atom is 0.338 e. The molecular formula is C26H34N2O3. The number of methoxy groups -OCH3 is 1. The minimum Gasteiger partial charge on any atom is -0.465 e. The molecule has 0 aliphatic heterocycles. The molecule has 2 aromatic carbocycles. The quantitative estimate of drug-likeness (QED) is 0.618. The Morgan fingerprint density at radius 3 is 2.19 bits per heavy atom. The highest BCUT2D eigenvalue weighted by atomic mass is 16.5. The summed E-state index contributed by atoms with van der Waals surface area (Å²) in [6, 6.07) is 18.0. The fourth-order valence-electron chi connectivity index (χ4n) is 4.82. The maximum atomic E-state index is 12.9. The van der Waals surface area contributed by atoms with Crippen LogP contribution in [0.4, 0.5) is 0 Å². The van der Waals surface area contributed by atoms with E-state index >= 15 is 0 Å². The lowest BCUT2D eigenvalue weighted by Crippen LogP contribution is -2.44. The Labute approximate surface area is 186 Å². The van der Waals surface area contributed by atoms with Gasteiger partial charge >= 0.3 is 5.97 Å². The molecule has 0 bridgehead atoms. The molecule has 5 heteroatoms. The van der Waals surface area contributed by atoms with Crippen LogP contribution in [0.2, 0.25) is 0 Å². The van der Waals surface area contributed by atoms with Crippen molar-refractivity contribution in [3.8, 4) is 0 Å². The highest BCUT2D eigenvalue weighted by Crippen LogP contribution is 2.43. The van der Waals surface area contributed by atoms with E-state index < -0.39 is 0 Å². The fourth-order valence-corrected chi connectivity index (χ4v) is 4.82. The Morgan fingerprint density at radius 2 is 1.58 bits per heavy atom. The third kappa shape index (κ3) is 5.16. The van der Waals surface area contributed by atoms with Gasteiger partial charge in [-0.25, -0.2) is 4.79 Å². The molecule has 1 aliphatic carbocycles. The molecule has 1 fully saturated rings. The summed E-state index contributed by atoms with van der Waals surface area (Å²) in [4.78, 5) is 29.0. The van der Waals surface area contributed by atoms with Gasteiger partial charge in [0.15, 0.2) is 0 Å². The molecule has 0 saturated heterocycles. The molecule has 0 unspecified atom stereocenters. The zero-order valence-electron chi connectivity index (χ0n) is 19.1. The van der Waals surface area contributed by atoms with Crippen molar-refractivity contribution >= 4 is 11.9 Å². The monoisotopic (exact) mass is 422 g/mol. The number of benzene rings is 2. The van der Waals surface area contributed by atoms with Crippen molar-refractivity contribution in [1.82, 2.24) is 9.80 Å². The average molecular weight is 423 g/mol. The second kappa shape index (κ2) is 10.1. The summed E-state index contributed by atoms with van der Waals surface area (Å²) >= 11 is 0. The van der Waals surface area contributed by atoms with Crippen LogP contribution >= 0.6 is 0 Å². The van der Waals surface area contributed by atoms with Crippen LogP contribution in [0.1, 0.15) is 53.6 Å². The number of esters is 1. The molecule has 166 valence electrons. The van der Waals surface area contributed by atoms with E-state index in [1.807, 2.05) is 25.2 Å². The van der Waals surface area contributed by atoms with E-state index in [1.54, 1.807) is 11.0 Å². The fraction of sp³-hybridized carbons (Fsp3) is 0.462. The third-order valence-corrected chi connectivity index (χ3v) is 6.82. The smallest absolute Gasteiger partial charge is 0.338 e. The Balaban J connectivity index is 1.61. The largest absolute Gasteiger partial charge is 0.465 e. The van der Waals surface area contributed by atoms with Crippen LogP contribution in [-0.4, -0.2) is 49.9 Å². The average Bonchev–Trinajstić information content (AvgIpc) is 2.80. The summed E-state index contributed by atoms with van der Waals surface area (Å²) < 4.78 is 4.87.